The first-order chi connectivity index (χ1) is 9.11. The molecule has 0 amide bonds. The average molecular weight is 276 g/mol. The second kappa shape index (κ2) is 4.41. The zero-order valence-corrected chi connectivity index (χ0v) is 11.5. The lowest BCUT2D eigenvalue weighted by Crippen LogP contribution is -2.24. The van der Waals surface area contributed by atoms with Gasteiger partial charge in [0.05, 0.1) is 5.69 Å². The van der Waals surface area contributed by atoms with E-state index in [1.54, 1.807) is 7.05 Å². The summed E-state index contributed by atoms with van der Waals surface area (Å²) in [6.07, 6.45) is 3.83. The van der Waals surface area contributed by atoms with E-state index in [9.17, 15) is 9.59 Å². The first-order valence-corrected chi connectivity index (χ1v) is 7.19. The summed E-state index contributed by atoms with van der Waals surface area (Å²) in [4.78, 5) is 36.9. The maximum absolute atomic E-state index is 12.2. The van der Waals surface area contributed by atoms with Gasteiger partial charge in [0.25, 0.3) is 5.56 Å². The van der Waals surface area contributed by atoms with Crippen molar-refractivity contribution in [2.24, 2.45) is 7.05 Å². The highest BCUT2D eigenvalue weighted by Gasteiger charge is 2.22. The summed E-state index contributed by atoms with van der Waals surface area (Å²) >= 11 is 1.38. The van der Waals surface area contributed by atoms with E-state index in [-0.39, 0.29) is 16.9 Å². The first kappa shape index (κ1) is 12.3. The van der Waals surface area contributed by atoms with Gasteiger partial charge in [-0.25, -0.2) is 15.0 Å². The van der Waals surface area contributed by atoms with Crippen molar-refractivity contribution in [3.63, 3.8) is 0 Å². The molecule has 2 aromatic rings. The minimum absolute atomic E-state index is 0.0355. The van der Waals surface area contributed by atoms with Crippen LogP contribution in [0.5, 0.6) is 0 Å². The van der Waals surface area contributed by atoms with Gasteiger partial charge in [0.1, 0.15) is 5.69 Å². The topological polar surface area (TPSA) is 77.7 Å². The van der Waals surface area contributed by atoms with E-state index < -0.39 is 0 Å². The molecule has 0 saturated heterocycles. The van der Waals surface area contributed by atoms with Crippen molar-refractivity contribution in [2.75, 3.05) is 6.26 Å². The number of carbonyl (C=O) groups is 1. The van der Waals surface area contributed by atoms with Crippen LogP contribution in [-0.4, -0.2) is 31.6 Å². The normalized spacial score (nSPS) is 14.7. The number of nitrogens with zero attached hydrogens (tertiary/aromatic N) is 4. The van der Waals surface area contributed by atoms with Gasteiger partial charge >= 0.3 is 0 Å². The lowest BCUT2D eigenvalue weighted by atomic mass is 9.99. The van der Waals surface area contributed by atoms with Crippen LogP contribution in [0.3, 0.4) is 0 Å². The van der Waals surface area contributed by atoms with Gasteiger partial charge in [-0.2, -0.15) is 0 Å². The monoisotopic (exact) mass is 276 g/mol. The standard InChI is InChI=1S/C12H12N4O2S/c1-16-11(18)9-10(15-12(16)19-2)13-6-4-3-5-7(17)8(6)14-9/h3-5H2,1-2H3. The Kier molecular flexibility index (Phi) is 2.85. The largest absolute Gasteiger partial charge is 0.292 e. The Hall–Kier alpha value is -1.76. The van der Waals surface area contributed by atoms with E-state index in [1.807, 2.05) is 6.26 Å². The molecule has 7 heteroatoms. The molecular weight excluding hydrogens is 264 g/mol. The van der Waals surface area contributed by atoms with Crippen molar-refractivity contribution in [2.45, 2.75) is 24.4 Å². The van der Waals surface area contributed by atoms with E-state index >= 15 is 0 Å². The molecule has 19 heavy (non-hydrogen) atoms. The summed E-state index contributed by atoms with van der Waals surface area (Å²) in [5.41, 5.74) is 1.25. The molecule has 0 saturated carbocycles. The third-order valence-corrected chi connectivity index (χ3v) is 3.94. The van der Waals surface area contributed by atoms with Crippen molar-refractivity contribution < 1.29 is 4.79 Å². The van der Waals surface area contributed by atoms with Gasteiger partial charge in [-0.3, -0.25) is 14.2 Å². The highest BCUT2D eigenvalue weighted by molar-refractivity contribution is 7.98. The smallest absolute Gasteiger partial charge is 0.282 e. The Balaban J connectivity index is 2.38. The maximum atomic E-state index is 12.2. The fourth-order valence-electron chi connectivity index (χ4n) is 2.21. The minimum Gasteiger partial charge on any atom is -0.292 e. The number of carbonyl (C=O) groups excluding carboxylic acids is 1. The molecule has 0 aliphatic heterocycles. The Morgan fingerprint density at radius 3 is 2.68 bits per heavy atom. The van der Waals surface area contributed by atoms with E-state index in [0.29, 0.717) is 28.6 Å². The zero-order chi connectivity index (χ0) is 13.6. The fraction of sp³-hybridized carbons (Fsp3) is 0.417. The lowest BCUT2D eigenvalue weighted by Gasteiger charge is -2.13. The van der Waals surface area contributed by atoms with Crippen molar-refractivity contribution in [1.82, 2.24) is 19.5 Å². The van der Waals surface area contributed by atoms with Crippen LogP contribution in [-0.2, 0) is 13.5 Å². The molecule has 98 valence electrons. The lowest BCUT2D eigenvalue weighted by molar-refractivity contribution is 0.0966. The fourth-order valence-corrected chi connectivity index (χ4v) is 2.74. The molecule has 0 atom stereocenters. The van der Waals surface area contributed by atoms with E-state index in [0.717, 1.165) is 12.8 Å². The molecular formula is C12H12N4O2S. The zero-order valence-electron chi connectivity index (χ0n) is 10.6. The number of thioether (sulfide) groups is 1. The van der Waals surface area contributed by atoms with Crippen molar-refractivity contribution in [3.05, 3.63) is 21.7 Å². The second-order valence-corrected chi connectivity index (χ2v) is 5.20. The molecule has 2 heterocycles. The summed E-state index contributed by atoms with van der Waals surface area (Å²) in [5.74, 6) is -0.0355. The molecule has 0 unspecified atom stereocenters. The van der Waals surface area contributed by atoms with Crippen molar-refractivity contribution in [3.8, 4) is 0 Å². The van der Waals surface area contributed by atoms with Crippen LogP contribution in [0.2, 0.25) is 0 Å². The van der Waals surface area contributed by atoms with E-state index in [1.165, 1.54) is 16.3 Å². The number of hydrogen-bond acceptors (Lipinski definition) is 6. The van der Waals surface area contributed by atoms with Gasteiger partial charge in [-0.15, -0.1) is 0 Å². The quantitative estimate of drug-likeness (QED) is 0.570. The molecule has 0 radical (unpaired) electrons. The minimum atomic E-state index is -0.261. The third kappa shape index (κ3) is 1.85. The molecule has 1 aliphatic rings. The molecule has 0 N–H and O–H groups in total. The highest BCUT2D eigenvalue weighted by Crippen LogP contribution is 2.20. The van der Waals surface area contributed by atoms with Gasteiger partial charge in [0, 0.05) is 13.5 Å². The number of rotatable bonds is 1. The van der Waals surface area contributed by atoms with Gasteiger partial charge in [-0.1, -0.05) is 11.8 Å². The molecule has 0 aromatic carbocycles. The Bertz CT molecular complexity index is 753. The van der Waals surface area contributed by atoms with Crippen LogP contribution in [0.4, 0.5) is 0 Å². The number of Topliss-reactive ketones (excluding diaryl/α,β-unsaturated/α-hetero) is 1. The molecule has 0 spiro atoms. The molecule has 2 aromatic heterocycles. The first-order valence-electron chi connectivity index (χ1n) is 5.96. The summed E-state index contributed by atoms with van der Waals surface area (Å²) in [6.45, 7) is 0. The van der Waals surface area contributed by atoms with Gasteiger partial charge in [-0.05, 0) is 19.1 Å². The second-order valence-electron chi connectivity index (χ2n) is 4.43. The summed E-state index contributed by atoms with van der Waals surface area (Å²) in [5, 5.41) is 0.592. The van der Waals surface area contributed by atoms with Crippen molar-refractivity contribution >= 4 is 28.7 Å². The summed E-state index contributed by atoms with van der Waals surface area (Å²) in [6, 6.07) is 0. The van der Waals surface area contributed by atoms with Crippen LogP contribution in [0.25, 0.3) is 11.2 Å². The SMILES string of the molecule is CSc1nc2nc3c(nc2c(=O)n1C)C(=O)CCC3. The number of hydrogen-bond donors (Lipinski definition) is 0. The van der Waals surface area contributed by atoms with E-state index in [2.05, 4.69) is 15.0 Å². The number of ketones is 1. The molecule has 0 bridgehead atoms. The van der Waals surface area contributed by atoms with Crippen LogP contribution < -0.4 is 5.56 Å². The van der Waals surface area contributed by atoms with Gasteiger partial charge < -0.3 is 0 Å². The van der Waals surface area contributed by atoms with Crippen molar-refractivity contribution in [1.29, 1.82) is 0 Å². The Morgan fingerprint density at radius 1 is 1.16 bits per heavy atom. The van der Waals surface area contributed by atoms with E-state index in [4.69, 9.17) is 0 Å². The predicted octanol–water partition coefficient (Wildman–Crippen LogP) is 0.964. The van der Waals surface area contributed by atoms with Crippen LogP contribution in [0.15, 0.2) is 9.95 Å². The molecule has 6 nitrogen and oxygen atoms in total. The molecule has 0 fully saturated rings. The summed E-state index contributed by atoms with van der Waals surface area (Å²) < 4.78 is 1.43. The third-order valence-electron chi connectivity index (χ3n) is 3.21. The predicted molar refractivity (Wildman–Crippen MR) is 71.6 cm³/mol. The van der Waals surface area contributed by atoms with Gasteiger partial charge in [0.15, 0.2) is 22.1 Å². The summed E-state index contributed by atoms with van der Waals surface area (Å²) in [7, 11) is 1.64. The Morgan fingerprint density at radius 2 is 1.95 bits per heavy atom. The average Bonchev–Trinajstić information content (AvgIpc) is 2.42. The van der Waals surface area contributed by atoms with Crippen LogP contribution in [0.1, 0.15) is 29.0 Å². The number of aromatic nitrogens is 4. The highest BCUT2D eigenvalue weighted by atomic mass is 32.2. The van der Waals surface area contributed by atoms with Crippen LogP contribution >= 0.6 is 11.8 Å². The van der Waals surface area contributed by atoms with Crippen LogP contribution in [0, 0.1) is 0 Å². The molecule has 3 rings (SSSR count). The number of fused-ring (bicyclic) bond motifs is 2. The molecule has 1 aliphatic carbocycles. The Labute approximate surface area is 113 Å². The maximum Gasteiger partial charge on any atom is 0.282 e. The number of aryl methyl sites for hydroxylation is 1. The van der Waals surface area contributed by atoms with Gasteiger partial charge in [0.2, 0.25) is 0 Å².